The number of benzene rings is 1. The van der Waals surface area contributed by atoms with E-state index in [-0.39, 0.29) is 11.9 Å². The molecule has 2 aliphatic rings. The van der Waals surface area contributed by atoms with E-state index in [2.05, 4.69) is 10.5 Å². The van der Waals surface area contributed by atoms with Crippen molar-refractivity contribution in [3.63, 3.8) is 0 Å². The molecule has 4 nitrogen and oxygen atoms in total. The zero-order valence-electron chi connectivity index (χ0n) is 12.8. The van der Waals surface area contributed by atoms with Crippen molar-refractivity contribution in [2.75, 3.05) is 0 Å². The molecule has 1 aromatic carbocycles. The Labute approximate surface area is 140 Å². The third-order valence-corrected chi connectivity index (χ3v) is 4.98. The van der Waals surface area contributed by atoms with Gasteiger partial charge in [0.1, 0.15) is 0 Å². The third kappa shape index (κ3) is 3.00. The van der Waals surface area contributed by atoms with Crippen LogP contribution in [0.2, 0.25) is 5.02 Å². The Morgan fingerprint density at radius 1 is 1.13 bits per heavy atom. The van der Waals surface area contributed by atoms with Crippen molar-refractivity contribution in [1.82, 2.24) is 10.5 Å². The Balaban J connectivity index is 1.65. The molecule has 2 saturated carbocycles. The fraction of sp³-hybridized carbons (Fsp3) is 0.444. The Kier molecular flexibility index (Phi) is 3.85. The lowest BCUT2D eigenvalue weighted by Gasteiger charge is -2.11. The highest BCUT2D eigenvalue weighted by atomic mass is 35.5. The zero-order chi connectivity index (χ0) is 15.8. The maximum absolute atomic E-state index is 12.6. The van der Waals surface area contributed by atoms with Gasteiger partial charge < -0.3 is 9.84 Å². The molecule has 1 aromatic heterocycles. The third-order valence-electron chi connectivity index (χ3n) is 4.73. The predicted molar refractivity (Wildman–Crippen MR) is 88.6 cm³/mol. The van der Waals surface area contributed by atoms with E-state index in [1.807, 2.05) is 24.3 Å². The molecule has 0 unspecified atom stereocenters. The molecule has 1 heterocycles. The molecule has 0 bridgehead atoms. The second-order valence-electron chi connectivity index (χ2n) is 6.51. The van der Waals surface area contributed by atoms with E-state index in [1.54, 1.807) is 0 Å². The van der Waals surface area contributed by atoms with Crippen LogP contribution in [0.3, 0.4) is 0 Å². The molecule has 5 heteroatoms. The topological polar surface area (TPSA) is 55.1 Å². The Hall–Kier alpha value is -1.81. The number of aromatic nitrogens is 1. The molecular formula is C18H19ClN2O2. The molecule has 2 aliphatic carbocycles. The summed E-state index contributed by atoms with van der Waals surface area (Å²) >= 11 is 5.95. The molecular weight excluding hydrogens is 312 g/mol. The van der Waals surface area contributed by atoms with Crippen LogP contribution in [0.1, 0.15) is 60.5 Å². The predicted octanol–water partition coefficient (Wildman–Crippen LogP) is 4.54. The van der Waals surface area contributed by atoms with Gasteiger partial charge in [0.2, 0.25) is 0 Å². The molecule has 0 atom stereocenters. The van der Waals surface area contributed by atoms with Crippen molar-refractivity contribution in [2.24, 2.45) is 0 Å². The first kappa shape index (κ1) is 14.8. The van der Waals surface area contributed by atoms with Gasteiger partial charge in [0.05, 0.1) is 0 Å². The molecule has 120 valence electrons. The van der Waals surface area contributed by atoms with Crippen molar-refractivity contribution < 1.29 is 9.32 Å². The van der Waals surface area contributed by atoms with Crippen LogP contribution < -0.4 is 5.32 Å². The van der Waals surface area contributed by atoms with Crippen molar-refractivity contribution in [3.8, 4) is 11.3 Å². The second kappa shape index (κ2) is 6.00. The molecule has 0 saturated heterocycles. The lowest BCUT2D eigenvalue weighted by atomic mass is 10.0. The summed E-state index contributed by atoms with van der Waals surface area (Å²) in [5.41, 5.74) is 2.34. The summed E-state index contributed by atoms with van der Waals surface area (Å²) in [5.74, 6) is 1.000. The number of hydrogen-bond acceptors (Lipinski definition) is 3. The second-order valence-corrected chi connectivity index (χ2v) is 6.95. The van der Waals surface area contributed by atoms with Crippen LogP contribution in [0.15, 0.2) is 28.8 Å². The van der Waals surface area contributed by atoms with Crippen LogP contribution in [-0.4, -0.2) is 17.1 Å². The lowest BCUT2D eigenvalue weighted by molar-refractivity contribution is 0.0928. The van der Waals surface area contributed by atoms with Gasteiger partial charge in [-0.05, 0) is 55.9 Å². The Bertz CT molecular complexity index is 713. The number of halogens is 1. The van der Waals surface area contributed by atoms with Gasteiger partial charge in [-0.1, -0.05) is 29.6 Å². The fourth-order valence-electron chi connectivity index (χ4n) is 3.35. The number of carbonyl (C=O) groups excluding carboxylic acids is 1. The average molecular weight is 331 g/mol. The normalized spacial score (nSPS) is 18.3. The van der Waals surface area contributed by atoms with Crippen molar-refractivity contribution >= 4 is 17.5 Å². The summed E-state index contributed by atoms with van der Waals surface area (Å²) < 4.78 is 5.55. The van der Waals surface area contributed by atoms with Crippen LogP contribution in [0.4, 0.5) is 0 Å². The molecule has 0 radical (unpaired) electrons. The van der Waals surface area contributed by atoms with E-state index in [4.69, 9.17) is 16.1 Å². The molecule has 1 N–H and O–H groups in total. The quantitative estimate of drug-likeness (QED) is 0.895. The number of nitrogens with one attached hydrogen (secondary N) is 1. The van der Waals surface area contributed by atoms with E-state index >= 15 is 0 Å². The highest BCUT2D eigenvalue weighted by Gasteiger charge is 2.35. The summed E-state index contributed by atoms with van der Waals surface area (Å²) in [6.45, 7) is 0. The SMILES string of the molecule is O=C(NC1CCCC1)c1noc(-c2ccc(Cl)cc2)c1C1CC1. The van der Waals surface area contributed by atoms with Crippen molar-refractivity contribution in [3.05, 3.63) is 40.5 Å². The Morgan fingerprint density at radius 2 is 1.83 bits per heavy atom. The van der Waals surface area contributed by atoms with Crippen LogP contribution in [0.5, 0.6) is 0 Å². The summed E-state index contributed by atoms with van der Waals surface area (Å²) in [4.78, 5) is 12.6. The maximum Gasteiger partial charge on any atom is 0.274 e. The standard InChI is InChI=1S/C18H19ClN2O2/c19-13-9-7-12(8-10-13)17-15(11-5-6-11)16(21-23-17)18(22)20-14-3-1-2-4-14/h7-11,14H,1-6H2,(H,20,22). The first-order chi connectivity index (χ1) is 11.2. The van der Waals surface area contributed by atoms with E-state index in [9.17, 15) is 4.79 Å². The molecule has 1 amide bonds. The molecule has 2 fully saturated rings. The first-order valence-electron chi connectivity index (χ1n) is 8.29. The van der Waals surface area contributed by atoms with Crippen LogP contribution in [-0.2, 0) is 0 Å². The minimum Gasteiger partial charge on any atom is -0.355 e. The van der Waals surface area contributed by atoms with Gasteiger partial charge in [-0.25, -0.2) is 0 Å². The van der Waals surface area contributed by atoms with E-state index in [1.165, 1.54) is 12.8 Å². The van der Waals surface area contributed by atoms with Gasteiger partial charge >= 0.3 is 0 Å². The minimum atomic E-state index is -0.0947. The highest BCUT2D eigenvalue weighted by Crippen LogP contribution is 2.46. The number of amides is 1. The van der Waals surface area contributed by atoms with Gasteiger partial charge in [0, 0.05) is 22.2 Å². The van der Waals surface area contributed by atoms with Crippen LogP contribution in [0.25, 0.3) is 11.3 Å². The van der Waals surface area contributed by atoms with Gasteiger partial charge in [-0.2, -0.15) is 0 Å². The van der Waals surface area contributed by atoms with Crippen molar-refractivity contribution in [1.29, 1.82) is 0 Å². The van der Waals surface area contributed by atoms with E-state index < -0.39 is 0 Å². The summed E-state index contributed by atoms with van der Waals surface area (Å²) in [7, 11) is 0. The highest BCUT2D eigenvalue weighted by molar-refractivity contribution is 6.30. The summed E-state index contributed by atoms with van der Waals surface area (Å²) in [6, 6.07) is 7.76. The van der Waals surface area contributed by atoms with Gasteiger partial charge in [-0.3, -0.25) is 4.79 Å². The molecule has 23 heavy (non-hydrogen) atoms. The summed E-state index contributed by atoms with van der Waals surface area (Å²) in [5, 5.41) is 7.89. The van der Waals surface area contributed by atoms with Crippen LogP contribution in [0, 0.1) is 0 Å². The summed E-state index contributed by atoms with van der Waals surface area (Å²) in [6.07, 6.45) is 6.68. The van der Waals surface area contributed by atoms with Gasteiger partial charge in [0.15, 0.2) is 11.5 Å². The monoisotopic (exact) mass is 330 g/mol. The van der Waals surface area contributed by atoms with Gasteiger partial charge in [-0.15, -0.1) is 0 Å². The smallest absolute Gasteiger partial charge is 0.274 e. The average Bonchev–Trinajstić information content (AvgIpc) is 3.08. The molecule has 0 spiro atoms. The maximum atomic E-state index is 12.6. The molecule has 4 rings (SSSR count). The fourth-order valence-corrected chi connectivity index (χ4v) is 3.47. The van der Waals surface area contributed by atoms with Gasteiger partial charge in [0.25, 0.3) is 5.91 Å². The Morgan fingerprint density at radius 3 is 2.48 bits per heavy atom. The minimum absolute atomic E-state index is 0.0947. The number of nitrogens with zero attached hydrogens (tertiary/aromatic N) is 1. The number of rotatable bonds is 4. The molecule has 0 aliphatic heterocycles. The first-order valence-corrected chi connectivity index (χ1v) is 8.66. The van der Waals surface area contributed by atoms with E-state index in [0.29, 0.717) is 22.4 Å². The van der Waals surface area contributed by atoms with Crippen LogP contribution >= 0.6 is 11.6 Å². The van der Waals surface area contributed by atoms with Crippen molar-refractivity contribution in [2.45, 2.75) is 50.5 Å². The zero-order valence-corrected chi connectivity index (χ0v) is 13.6. The lowest BCUT2D eigenvalue weighted by Crippen LogP contribution is -2.33. The molecule has 2 aromatic rings. The van der Waals surface area contributed by atoms with E-state index in [0.717, 1.165) is 36.8 Å². The largest absolute Gasteiger partial charge is 0.355 e. The number of hydrogen-bond donors (Lipinski definition) is 1. The number of carbonyl (C=O) groups is 1.